The van der Waals surface area contributed by atoms with E-state index in [-0.39, 0.29) is 16.9 Å². The van der Waals surface area contributed by atoms with Gasteiger partial charge in [-0.25, -0.2) is 8.42 Å². The molecule has 7 heteroatoms. The lowest BCUT2D eigenvalue weighted by atomic mass is 9.78. The quantitative estimate of drug-likeness (QED) is 0.893. The molecule has 1 aromatic carbocycles. The average Bonchev–Trinajstić information content (AvgIpc) is 2.83. The van der Waals surface area contributed by atoms with Crippen LogP contribution in [-0.4, -0.2) is 31.9 Å². The first-order valence-corrected chi connectivity index (χ1v) is 9.29. The number of fused-ring (bicyclic) bond motifs is 1. The summed E-state index contributed by atoms with van der Waals surface area (Å²) in [4.78, 5) is 0.159. The van der Waals surface area contributed by atoms with Crippen LogP contribution in [0.1, 0.15) is 19.3 Å². The Morgan fingerprint density at radius 3 is 2.38 bits per heavy atom. The molecule has 1 heterocycles. The number of hydrogen-bond donors (Lipinski definition) is 1. The first-order chi connectivity index (χ1) is 9.88. The van der Waals surface area contributed by atoms with Crippen molar-refractivity contribution < 1.29 is 8.42 Å². The highest BCUT2D eigenvalue weighted by atomic mass is 35.5. The summed E-state index contributed by atoms with van der Waals surface area (Å²) < 4.78 is 27.1. The van der Waals surface area contributed by atoms with Crippen LogP contribution in [-0.2, 0) is 10.0 Å². The Labute approximate surface area is 135 Å². The molecule has 3 rings (SSSR count). The Morgan fingerprint density at radius 2 is 1.76 bits per heavy atom. The van der Waals surface area contributed by atoms with E-state index in [0.717, 1.165) is 19.3 Å². The van der Waals surface area contributed by atoms with Crippen LogP contribution >= 0.6 is 23.2 Å². The molecule has 1 aliphatic heterocycles. The van der Waals surface area contributed by atoms with Crippen molar-refractivity contribution in [3.05, 3.63) is 28.2 Å². The SMILES string of the molecule is NC1CCCC2CN(S(=O)(=O)c3cc(Cl)cc(Cl)c3)CC12. The van der Waals surface area contributed by atoms with Crippen LogP contribution in [0.4, 0.5) is 0 Å². The minimum absolute atomic E-state index is 0.104. The molecule has 0 bridgehead atoms. The Kier molecular flexibility index (Phi) is 4.23. The number of rotatable bonds is 2. The summed E-state index contributed by atoms with van der Waals surface area (Å²) in [5, 5.41) is 0.656. The van der Waals surface area contributed by atoms with Crippen molar-refractivity contribution in [3.8, 4) is 0 Å². The fraction of sp³-hybridized carbons (Fsp3) is 0.571. The van der Waals surface area contributed by atoms with Gasteiger partial charge in [0, 0.05) is 29.2 Å². The molecular formula is C14H18Cl2N2O2S. The molecule has 0 spiro atoms. The second kappa shape index (κ2) is 5.70. The lowest BCUT2D eigenvalue weighted by Gasteiger charge is -2.29. The predicted molar refractivity (Wildman–Crippen MR) is 84.0 cm³/mol. The summed E-state index contributed by atoms with van der Waals surface area (Å²) in [6.45, 7) is 1.04. The zero-order valence-electron chi connectivity index (χ0n) is 11.5. The Balaban J connectivity index is 1.89. The Bertz CT molecular complexity index is 630. The minimum atomic E-state index is -3.56. The van der Waals surface area contributed by atoms with Crippen molar-refractivity contribution in [1.29, 1.82) is 0 Å². The standard InChI is InChI=1S/C14H18Cl2N2O2S/c15-10-4-11(16)6-12(5-10)21(19,20)18-7-9-2-1-3-14(17)13(9)8-18/h4-6,9,13-14H,1-3,7-8,17H2. The largest absolute Gasteiger partial charge is 0.327 e. The van der Waals surface area contributed by atoms with Gasteiger partial charge < -0.3 is 5.73 Å². The zero-order valence-corrected chi connectivity index (χ0v) is 13.8. The molecular weight excluding hydrogens is 331 g/mol. The second-order valence-electron chi connectivity index (χ2n) is 5.95. The molecule has 1 aliphatic carbocycles. The summed E-state index contributed by atoms with van der Waals surface area (Å²) >= 11 is 11.8. The molecule has 4 nitrogen and oxygen atoms in total. The molecule has 116 valence electrons. The average molecular weight is 349 g/mol. The van der Waals surface area contributed by atoms with Crippen LogP contribution in [0.3, 0.4) is 0 Å². The molecule has 2 aliphatic rings. The van der Waals surface area contributed by atoms with Crippen LogP contribution in [0, 0.1) is 11.8 Å². The third-order valence-corrected chi connectivity index (χ3v) is 6.84. The fourth-order valence-electron chi connectivity index (χ4n) is 3.50. The minimum Gasteiger partial charge on any atom is -0.327 e. The molecule has 1 saturated heterocycles. The lowest BCUT2D eigenvalue weighted by Crippen LogP contribution is -2.38. The summed E-state index contributed by atoms with van der Waals surface area (Å²) in [6.07, 6.45) is 3.12. The Morgan fingerprint density at radius 1 is 1.10 bits per heavy atom. The number of halogens is 2. The molecule has 3 atom stereocenters. The molecule has 0 amide bonds. The molecule has 1 aromatic rings. The van der Waals surface area contributed by atoms with E-state index >= 15 is 0 Å². The molecule has 0 aromatic heterocycles. The van der Waals surface area contributed by atoms with Gasteiger partial charge in [-0.3, -0.25) is 0 Å². The summed E-state index contributed by atoms with van der Waals surface area (Å²) in [7, 11) is -3.56. The van der Waals surface area contributed by atoms with Crippen molar-refractivity contribution >= 4 is 33.2 Å². The molecule has 3 unspecified atom stereocenters. The van der Waals surface area contributed by atoms with Crippen molar-refractivity contribution in [1.82, 2.24) is 4.31 Å². The van der Waals surface area contributed by atoms with Gasteiger partial charge >= 0.3 is 0 Å². The Hall–Kier alpha value is -0.330. The van der Waals surface area contributed by atoms with E-state index in [1.807, 2.05) is 0 Å². The van der Waals surface area contributed by atoms with Gasteiger partial charge in [-0.15, -0.1) is 0 Å². The zero-order chi connectivity index (χ0) is 15.2. The van der Waals surface area contributed by atoms with Crippen molar-refractivity contribution in [3.63, 3.8) is 0 Å². The molecule has 21 heavy (non-hydrogen) atoms. The van der Waals surface area contributed by atoms with Crippen LogP contribution in [0.5, 0.6) is 0 Å². The van der Waals surface area contributed by atoms with Crippen molar-refractivity contribution in [2.75, 3.05) is 13.1 Å². The van der Waals surface area contributed by atoms with Crippen molar-refractivity contribution in [2.45, 2.75) is 30.2 Å². The van der Waals surface area contributed by atoms with E-state index < -0.39 is 10.0 Å². The van der Waals surface area contributed by atoms with Crippen LogP contribution < -0.4 is 5.73 Å². The van der Waals surface area contributed by atoms with Gasteiger partial charge in [0.25, 0.3) is 0 Å². The van der Waals surface area contributed by atoms with Crippen LogP contribution in [0.2, 0.25) is 10.0 Å². The van der Waals surface area contributed by atoms with Gasteiger partial charge in [0.1, 0.15) is 0 Å². The number of hydrogen-bond acceptors (Lipinski definition) is 3. The third kappa shape index (κ3) is 2.94. The van der Waals surface area contributed by atoms with Gasteiger partial charge in [0.05, 0.1) is 4.90 Å². The van der Waals surface area contributed by atoms with Gasteiger partial charge in [0.2, 0.25) is 10.0 Å². The van der Waals surface area contributed by atoms with E-state index in [9.17, 15) is 8.42 Å². The van der Waals surface area contributed by atoms with Gasteiger partial charge in [0.15, 0.2) is 0 Å². The van der Waals surface area contributed by atoms with Crippen LogP contribution in [0.25, 0.3) is 0 Å². The highest BCUT2D eigenvalue weighted by Gasteiger charge is 2.43. The number of sulfonamides is 1. The number of nitrogens with two attached hydrogens (primary N) is 1. The number of nitrogens with zero attached hydrogens (tertiary/aromatic N) is 1. The van der Waals surface area contributed by atoms with Crippen LogP contribution in [0.15, 0.2) is 23.1 Å². The van der Waals surface area contributed by atoms with E-state index in [4.69, 9.17) is 28.9 Å². The summed E-state index contributed by atoms with van der Waals surface area (Å²) in [5.41, 5.74) is 6.15. The monoisotopic (exact) mass is 348 g/mol. The second-order valence-corrected chi connectivity index (χ2v) is 8.76. The molecule has 1 saturated carbocycles. The van der Waals surface area contributed by atoms with E-state index in [1.54, 1.807) is 0 Å². The van der Waals surface area contributed by atoms with E-state index in [1.165, 1.54) is 22.5 Å². The summed E-state index contributed by atoms with van der Waals surface area (Å²) in [6, 6.07) is 4.53. The maximum Gasteiger partial charge on any atom is 0.243 e. The maximum absolute atomic E-state index is 12.8. The van der Waals surface area contributed by atoms with Crippen molar-refractivity contribution in [2.24, 2.45) is 17.6 Å². The molecule has 2 fully saturated rings. The van der Waals surface area contributed by atoms with E-state index in [2.05, 4.69) is 0 Å². The lowest BCUT2D eigenvalue weighted by molar-refractivity contribution is 0.260. The van der Waals surface area contributed by atoms with Gasteiger partial charge in [-0.05, 0) is 42.9 Å². The first kappa shape index (κ1) is 15.6. The smallest absolute Gasteiger partial charge is 0.243 e. The normalized spacial score (nSPS) is 30.3. The third-order valence-electron chi connectivity index (χ3n) is 4.59. The molecule has 0 radical (unpaired) electrons. The fourth-order valence-corrected chi connectivity index (χ4v) is 5.76. The van der Waals surface area contributed by atoms with Gasteiger partial charge in [-0.1, -0.05) is 29.6 Å². The van der Waals surface area contributed by atoms with E-state index in [0.29, 0.717) is 29.1 Å². The predicted octanol–water partition coefficient (Wildman–Crippen LogP) is 2.74. The highest BCUT2D eigenvalue weighted by molar-refractivity contribution is 7.89. The topological polar surface area (TPSA) is 63.4 Å². The highest BCUT2D eigenvalue weighted by Crippen LogP contribution is 2.38. The first-order valence-electron chi connectivity index (χ1n) is 7.10. The summed E-state index contributed by atoms with van der Waals surface area (Å²) in [5.74, 6) is 0.640. The maximum atomic E-state index is 12.8. The molecule has 2 N–H and O–H groups in total. The van der Waals surface area contributed by atoms with Gasteiger partial charge in [-0.2, -0.15) is 4.31 Å². The number of benzene rings is 1.